The monoisotopic (exact) mass is 238 g/mol. The fourth-order valence-electron chi connectivity index (χ4n) is 3.52. The van der Waals surface area contributed by atoms with E-state index in [4.69, 9.17) is 0 Å². The van der Waals surface area contributed by atoms with Crippen LogP contribution in [0.5, 0.6) is 0 Å². The molecule has 0 radical (unpaired) electrons. The van der Waals surface area contributed by atoms with Gasteiger partial charge in [-0.2, -0.15) is 0 Å². The van der Waals surface area contributed by atoms with E-state index >= 15 is 0 Å². The first kappa shape index (κ1) is 13.4. The summed E-state index contributed by atoms with van der Waals surface area (Å²) >= 11 is 0. The second-order valence-corrected chi connectivity index (χ2v) is 6.93. The largest absolute Gasteiger partial charge is 0.314 e. The average molecular weight is 238 g/mol. The van der Waals surface area contributed by atoms with Crippen LogP contribution in [0.3, 0.4) is 0 Å². The van der Waals surface area contributed by atoms with E-state index in [1.807, 2.05) is 0 Å². The summed E-state index contributed by atoms with van der Waals surface area (Å²) in [6, 6.07) is 1.53. The predicted octanol–water partition coefficient (Wildman–Crippen LogP) is 2.89. The molecule has 0 spiro atoms. The Morgan fingerprint density at radius 2 is 2.12 bits per heavy atom. The van der Waals surface area contributed by atoms with Crippen LogP contribution in [0.15, 0.2) is 0 Å². The fourth-order valence-corrected chi connectivity index (χ4v) is 3.52. The van der Waals surface area contributed by atoms with Crippen LogP contribution in [-0.4, -0.2) is 36.6 Å². The Balaban J connectivity index is 1.84. The van der Waals surface area contributed by atoms with Crippen molar-refractivity contribution < 1.29 is 0 Å². The lowest BCUT2D eigenvalue weighted by Gasteiger charge is -2.39. The zero-order chi connectivity index (χ0) is 12.5. The molecule has 1 aliphatic carbocycles. The van der Waals surface area contributed by atoms with Crippen molar-refractivity contribution in [2.75, 3.05) is 19.6 Å². The number of piperidine rings is 1. The average Bonchev–Trinajstić information content (AvgIpc) is 2.86. The maximum atomic E-state index is 3.66. The van der Waals surface area contributed by atoms with Gasteiger partial charge in [-0.1, -0.05) is 20.8 Å². The number of likely N-dealkylation sites (tertiary alicyclic amines) is 1. The van der Waals surface area contributed by atoms with Crippen molar-refractivity contribution in [3.05, 3.63) is 0 Å². The third-order valence-corrected chi connectivity index (χ3v) is 5.01. The number of hydrogen-bond donors (Lipinski definition) is 1. The van der Waals surface area contributed by atoms with Crippen LogP contribution in [0.1, 0.15) is 53.4 Å². The Hall–Kier alpha value is -0.0800. The molecule has 1 saturated carbocycles. The Morgan fingerprint density at radius 3 is 2.65 bits per heavy atom. The second kappa shape index (κ2) is 5.27. The van der Waals surface area contributed by atoms with Gasteiger partial charge in [0, 0.05) is 25.2 Å². The molecule has 2 fully saturated rings. The van der Waals surface area contributed by atoms with Gasteiger partial charge in [0.25, 0.3) is 0 Å². The topological polar surface area (TPSA) is 15.3 Å². The maximum absolute atomic E-state index is 3.66. The first-order valence-corrected chi connectivity index (χ1v) is 7.50. The van der Waals surface area contributed by atoms with Crippen LogP contribution in [0.4, 0.5) is 0 Å². The number of nitrogens with one attached hydrogen (secondary N) is 1. The summed E-state index contributed by atoms with van der Waals surface area (Å²) < 4.78 is 0. The van der Waals surface area contributed by atoms with Crippen molar-refractivity contribution >= 4 is 0 Å². The first-order valence-electron chi connectivity index (χ1n) is 7.50. The standard InChI is InChI=1S/C15H30N2/c1-5-8-16-12(2)15(3,4)11-17-10-13-6-7-14(17)9-13/h12-14,16H,5-11H2,1-4H3. The summed E-state index contributed by atoms with van der Waals surface area (Å²) in [5.74, 6) is 1.02. The van der Waals surface area contributed by atoms with Crippen molar-refractivity contribution in [1.29, 1.82) is 0 Å². The molecule has 1 saturated heterocycles. The summed E-state index contributed by atoms with van der Waals surface area (Å²) in [4.78, 5) is 2.76. The third-order valence-electron chi connectivity index (χ3n) is 5.01. The molecule has 0 aromatic rings. The number of fused-ring (bicyclic) bond motifs is 2. The van der Waals surface area contributed by atoms with E-state index in [9.17, 15) is 0 Å². The van der Waals surface area contributed by atoms with Crippen molar-refractivity contribution in [1.82, 2.24) is 10.2 Å². The molecular weight excluding hydrogens is 208 g/mol. The van der Waals surface area contributed by atoms with Crippen molar-refractivity contribution in [3.63, 3.8) is 0 Å². The minimum atomic E-state index is 0.389. The molecule has 17 heavy (non-hydrogen) atoms. The van der Waals surface area contributed by atoms with Gasteiger partial charge in [-0.3, -0.25) is 4.90 Å². The normalized spacial score (nSPS) is 31.1. The van der Waals surface area contributed by atoms with Crippen molar-refractivity contribution in [3.8, 4) is 0 Å². The van der Waals surface area contributed by atoms with E-state index < -0.39 is 0 Å². The van der Waals surface area contributed by atoms with Gasteiger partial charge in [-0.05, 0) is 50.5 Å². The molecule has 0 amide bonds. The van der Waals surface area contributed by atoms with Crippen LogP contribution in [-0.2, 0) is 0 Å². The SMILES string of the molecule is CCCNC(C)C(C)(C)CN1CC2CCC1C2. The van der Waals surface area contributed by atoms with Crippen LogP contribution >= 0.6 is 0 Å². The molecule has 0 aromatic heterocycles. The summed E-state index contributed by atoms with van der Waals surface area (Å²) in [6.45, 7) is 13.2. The van der Waals surface area contributed by atoms with E-state index in [2.05, 4.69) is 37.9 Å². The van der Waals surface area contributed by atoms with E-state index in [-0.39, 0.29) is 0 Å². The molecule has 3 atom stereocenters. The first-order chi connectivity index (χ1) is 8.03. The molecule has 0 aromatic carbocycles. The Labute approximate surface area is 107 Å². The Kier molecular flexibility index (Phi) is 4.14. The predicted molar refractivity (Wildman–Crippen MR) is 74.2 cm³/mol. The summed E-state index contributed by atoms with van der Waals surface area (Å²) in [7, 11) is 0. The van der Waals surface area contributed by atoms with E-state index in [0.29, 0.717) is 11.5 Å². The van der Waals surface area contributed by atoms with Gasteiger partial charge in [0.1, 0.15) is 0 Å². The maximum Gasteiger partial charge on any atom is 0.0102 e. The molecule has 2 nitrogen and oxygen atoms in total. The highest BCUT2D eigenvalue weighted by molar-refractivity contribution is 4.95. The fraction of sp³-hybridized carbons (Fsp3) is 1.00. The molecule has 1 heterocycles. The van der Waals surface area contributed by atoms with Gasteiger partial charge < -0.3 is 5.32 Å². The molecular formula is C15H30N2. The summed E-state index contributed by atoms with van der Waals surface area (Å²) in [6.07, 6.45) is 5.66. The van der Waals surface area contributed by atoms with Gasteiger partial charge in [-0.25, -0.2) is 0 Å². The summed E-state index contributed by atoms with van der Waals surface area (Å²) in [5, 5.41) is 3.66. The highest BCUT2D eigenvalue weighted by Crippen LogP contribution is 2.39. The van der Waals surface area contributed by atoms with Crippen molar-refractivity contribution in [2.45, 2.75) is 65.5 Å². The molecule has 1 aliphatic heterocycles. The molecule has 3 unspecified atom stereocenters. The Bertz CT molecular complexity index is 249. The molecule has 100 valence electrons. The number of rotatable bonds is 6. The van der Waals surface area contributed by atoms with Gasteiger partial charge in [0.15, 0.2) is 0 Å². The molecule has 2 aliphatic rings. The van der Waals surface area contributed by atoms with Gasteiger partial charge in [0.2, 0.25) is 0 Å². The van der Waals surface area contributed by atoms with E-state index in [0.717, 1.165) is 18.5 Å². The summed E-state index contributed by atoms with van der Waals surface area (Å²) in [5.41, 5.74) is 0.389. The van der Waals surface area contributed by atoms with Crippen LogP contribution < -0.4 is 5.32 Å². The molecule has 2 heteroatoms. The van der Waals surface area contributed by atoms with Crippen LogP contribution in [0, 0.1) is 11.3 Å². The second-order valence-electron chi connectivity index (χ2n) is 6.93. The van der Waals surface area contributed by atoms with Gasteiger partial charge >= 0.3 is 0 Å². The van der Waals surface area contributed by atoms with E-state index in [1.165, 1.54) is 38.8 Å². The number of hydrogen-bond acceptors (Lipinski definition) is 2. The lowest BCUT2D eigenvalue weighted by molar-refractivity contribution is 0.115. The van der Waals surface area contributed by atoms with Crippen LogP contribution in [0.2, 0.25) is 0 Å². The van der Waals surface area contributed by atoms with Crippen molar-refractivity contribution in [2.24, 2.45) is 11.3 Å². The van der Waals surface area contributed by atoms with Gasteiger partial charge in [0.05, 0.1) is 0 Å². The lowest BCUT2D eigenvalue weighted by atomic mass is 9.84. The quantitative estimate of drug-likeness (QED) is 0.765. The highest BCUT2D eigenvalue weighted by Gasteiger charge is 2.40. The molecule has 2 bridgehead atoms. The zero-order valence-corrected chi connectivity index (χ0v) is 12.1. The number of nitrogens with zero attached hydrogens (tertiary/aromatic N) is 1. The third kappa shape index (κ3) is 3.03. The highest BCUT2D eigenvalue weighted by atomic mass is 15.2. The van der Waals surface area contributed by atoms with Gasteiger partial charge in [-0.15, -0.1) is 0 Å². The minimum Gasteiger partial charge on any atom is -0.314 e. The lowest BCUT2D eigenvalue weighted by Crippen LogP contribution is -2.48. The smallest absolute Gasteiger partial charge is 0.0102 e. The zero-order valence-electron chi connectivity index (χ0n) is 12.1. The minimum absolute atomic E-state index is 0.389. The van der Waals surface area contributed by atoms with Crippen LogP contribution in [0.25, 0.3) is 0 Å². The van der Waals surface area contributed by atoms with E-state index in [1.54, 1.807) is 0 Å². The Morgan fingerprint density at radius 1 is 1.35 bits per heavy atom. The molecule has 1 N–H and O–H groups in total. The molecule has 2 rings (SSSR count).